The van der Waals surface area contributed by atoms with Crippen molar-refractivity contribution in [2.24, 2.45) is 0 Å². The Hall–Kier alpha value is -3.02. The van der Waals surface area contributed by atoms with Gasteiger partial charge in [0.2, 0.25) is 0 Å². The molecule has 1 heterocycles. The summed E-state index contributed by atoms with van der Waals surface area (Å²) in [6.07, 6.45) is 0.741. The Morgan fingerprint density at radius 1 is 1.07 bits per heavy atom. The number of benzene rings is 2. The van der Waals surface area contributed by atoms with Gasteiger partial charge in [-0.25, -0.2) is 0 Å². The van der Waals surface area contributed by atoms with Gasteiger partial charge in [0.25, 0.3) is 5.91 Å². The number of piperazine rings is 1. The van der Waals surface area contributed by atoms with E-state index >= 15 is 0 Å². The number of amides is 1. The number of hydrogen-bond acceptors (Lipinski definition) is 5. The highest BCUT2D eigenvalue weighted by Crippen LogP contribution is 2.27. The molecule has 1 saturated heterocycles. The van der Waals surface area contributed by atoms with Crippen molar-refractivity contribution in [3.8, 4) is 11.5 Å². The molecule has 1 aliphatic rings. The maximum Gasteiger partial charge on any atom is 0.260 e. The van der Waals surface area contributed by atoms with Crippen LogP contribution in [0.5, 0.6) is 11.5 Å². The minimum absolute atomic E-state index is 0.0543. The third-order valence-electron chi connectivity index (χ3n) is 4.67. The molecule has 0 radical (unpaired) electrons. The summed E-state index contributed by atoms with van der Waals surface area (Å²) < 4.78 is 10.8. The van der Waals surface area contributed by atoms with Crippen LogP contribution in [0.15, 0.2) is 42.5 Å². The summed E-state index contributed by atoms with van der Waals surface area (Å²) in [6.45, 7) is 4.95. The van der Waals surface area contributed by atoms with E-state index in [2.05, 4.69) is 36.1 Å². The molecule has 0 bridgehead atoms. The van der Waals surface area contributed by atoms with Crippen molar-refractivity contribution in [3.05, 3.63) is 53.6 Å². The zero-order valence-corrected chi connectivity index (χ0v) is 15.7. The summed E-state index contributed by atoms with van der Waals surface area (Å²) >= 11 is 0. The average molecular weight is 368 g/mol. The maximum absolute atomic E-state index is 12.5. The first-order valence-corrected chi connectivity index (χ1v) is 8.96. The lowest BCUT2D eigenvalue weighted by molar-refractivity contribution is -0.133. The van der Waals surface area contributed by atoms with Crippen molar-refractivity contribution >= 4 is 17.9 Å². The van der Waals surface area contributed by atoms with Gasteiger partial charge in [-0.1, -0.05) is 12.1 Å². The monoisotopic (exact) mass is 368 g/mol. The van der Waals surface area contributed by atoms with E-state index in [4.69, 9.17) is 9.47 Å². The van der Waals surface area contributed by atoms with E-state index in [1.807, 2.05) is 4.90 Å². The molecular formula is C21H24N2O4. The summed E-state index contributed by atoms with van der Waals surface area (Å²) in [7, 11) is 1.50. The first-order valence-electron chi connectivity index (χ1n) is 8.96. The number of rotatable bonds is 6. The fourth-order valence-electron chi connectivity index (χ4n) is 3.15. The van der Waals surface area contributed by atoms with E-state index < -0.39 is 0 Å². The van der Waals surface area contributed by atoms with Gasteiger partial charge in [0.1, 0.15) is 6.29 Å². The van der Waals surface area contributed by atoms with Gasteiger partial charge >= 0.3 is 0 Å². The number of methoxy groups -OCH3 is 1. The van der Waals surface area contributed by atoms with Crippen molar-refractivity contribution in [2.75, 3.05) is 44.8 Å². The second-order valence-electron chi connectivity index (χ2n) is 6.52. The number of hydrogen-bond donors (Lipinski definition) is 0. The van der Waals surface area contributed by atoms with E-state index in [1.165, 1.54) is 18.4 Å². The largest absolute Gasteiger partial charge is 0.493 e. The topological polar surface area (TPSA) is 59.1 Å². The van der Waals surface area contributed by atoms with Crippen LogP contribution in [0.4, 0.5) is 5.69 Å². The maximum atomic E-state index is 12.5. The fraction of sp³-hybridized carbons (Fsp3) is 0.333. The molecule has 27 heavy (non-hydrogen) atoms. The Kier molecular flexibility index (Phi) is 5.96. The van der Waals surface area contributed by atoms with Crippen LogP contribution in [0, 0.1) is 6.92 Å². The molecule has 2 aromatic carbocycles. The average Bonchev–Trinajstić information content (AvgIpc) is 2.72. The van der Waals surface area contributed by atoms with Gasteiger partial charge < -0.3 is 19.3 Å². The Bertz CT molecular complexity index is 814. The van der Waals surface area contributed by atoms with E-state index in [0.717, 1.165) is 19.4 Å². The molecule has 1 aliphatic heterocycles. The quantitative estimate of drug-likeness (QED) is 0.734. The highest BCUT2D eigenvalue weighted by Gasteiger charge is 2.22. The lowest BCUT2D eigenvalue weighted by Crippen LogP contribution is -2.50. The van der Waals surface area contributed by atoms with Gasteiger partial charge in [-0.3, -0.25) is 9.59 Å². The van der Waals surface area contributed by atoms with Crippen molar-refractivity contribution < 1.29 is 19.1 Å². The van der Waals surface area contributed by atoms with Crippen molar-refractivity contribution in [2.45, 2.75) is 6.92 Å². The van der Waals surface area contributed by atoms with Crippen LogP contribution in [0.1, 0.15) is 15.9 Å². The standard InChI is InChI=1S/C21H24N2O4/c1-16-4-3-5-18(12-16)22-8-10-23(11-9-22)21(25)15-27-19-7-6-17(14-24)13-20(19)26-2/h3-7,12-14H,8-11,15H2,1-2H3. The van der Waals surface area contributed by atoms with E-state index in [-0.39, 0.29) is 12.5 Å². The number of aryl methyl sites for hydroxylation is 1. The highest BCUT2D eigenvalue weighted by atomic mass is 16.5. The van der Waals surface area contributed by atoms with Gasteiger partial charge in [0, 0.05) is 37.4 Å². The highest BCUT2D eigenvalue weighted by molar-refractivity contribution is 5.79. The van der Waals surface area contributed by atoms with Crippen molar-refractivity contribution in [1.82, 2.24) is 4.90 Å². The van der Waals surface area contributed by atoms with Crippen LogP contribution in [-0.4, -0.2) is 57.0 Å². The molecule has 3 rings (SSSR count). The van der Waals surface area contributed by atoms with Crippen LogP contribution in [-0.2, 0) is 4.79 Å². The lowest BCUT2D eigenvalue weighted by Gasteiger charge is -2.36. The Morgan fingerprint density at radius 3 is 2.52 bits per heavy atom. The third-order valence-corrected chi connectivity index (χ3v) is 4.67. The van der Waals surface area contributed by atoms with Gasteiger partial charge in [0.05, 0.1) is 7.11 Å². The number of aldehydes is 1. The Morgan fingerprint density at radius 2 is 1.85 bits per heavy atom. The van der Waals surface area contributed by atoms with Gasteiger partial charge in [0.15, 0.2) is 18.1 Å². The first-order chi connectivity index (χ1) is 13.1. The van der Waals surface area contributed by atoms with Gasteiger partial charge in [-0.05, 0) is 42.8 Å². The normalized spacial score (nSPS) is 14.0. The molecular weight excluding hydrogens is 344 g/mol. The number of ether oxygens (including phenoxy) is 2. The summed E-state index contributed by atoms with van der Waals surface area (Å²) in [6, 6.07) is 13.3. The number of anilines is 1. The SMILES string of the molecule is COc1cc(C=O)ccc1OCC(=O)N1CCN(c2cccc(C)c2)CC1. The lowest BCUT2D eigenvalue weighted by atomic mass is 10.2. The van der Waals surface area contributed by atoms with Crippen LogP contribution >= 0.6 is 0 Å². The molecule has 0 aromatic heterocycles. The zero-order chi connectivity index (χ0) is 19.2. The molecule has 0 atom stereocenters. The third kappa shape index (κ3) is 4.58. The minimum atomic E-state index is -0.0552. The minimum Gasteiger partial charge on any atom is -0.493 e. The van der Waals surface area contributed by atoms with E-state index in [1.54, 1.807) is 18.2 Å². The molecule has 0 N–H and O–H groups in total. The van der Waals surface area contributed by atoms with Crippen LogP contribution in [0.2, 0.25) is 0 Å². The molecule has 0 unspecified atom stereocenters. The van der Waals surface area contributed by atoms with E-state index in [9.17, 15) is 9.59 Å². The molecule has 142 valence electrons. The van der Waals surface area contributed by atoms with Gasteiger partial charge in [-0.2, -0.15) is 0 Å². The Labute approximate surface area is 159 Å². The second kappa shape index (κ2) is 8.58. The summed E-state index contributed by atoms with van der Waals surface area (Å²) in [5.74, 6) is 0.840. The number of carbonyl (C=O) groups is 2. The molecule has 0 saturated carbocycles. The molecule has 1 amide bonds. The van der Waals surface area contributed by atoms with Crippen LogP contribution in [0.25, 0.3) is 0 Å². The summed E-state index contributed by atoms with van der Waals surface area (Å²) in [5, 5.41) is 0. The van der Waals surface area contributed by atoms with Gasteiger partial charge in [-0.15, -0.1) is 0 Å². The summed E-state index contributed by atoms with van der Waals surface area (Å²) in [5.41, 5.74) is 2.92. The molecule has 2 aromatic rings. The number of nitrogens with zero attached hydrogens (tertiary/aromatic N) is 2. The number of carbonyl (C=O) groups excluding carboxylic acids is 2. The molecule has 0 aliphatic carbocycles. The first kappa shape index (κ1) is 18.8. The molecule has 0 spiro atoms. The van der Waals surface area contributed by atoms with Crippen LogP contribution in [0.3, 0.4) is 0 Å². The fourth-order valence-corrected chi connectivity index (χ4v) is 3.15. The van der Waals surface area contributed by atoms with Crippen molar-refractivity contribution in [1.29, 1.82) is 0 Å². The second-order valence-corrected chi connectivity index (χ2v) is 6.52. The summed E-state index contributed by atoms with van der Waals surface area (Å²) in [4.78, 5) is 27.4. The molecule has 1 fully saturated rings. The molecule has 6 nitrogen and oxygen atoms in total. The zero-order valence-electron chi connectivity index (χ0n) is 15.7. The van der Waals surface area contributed by atoms with Crippen molar-refractivity contribution in [3.63, 3.8) is 0 Å². The van der Waals surface area contributed by atoms with E-state index in [0.29, 0.717) is 30.2 Å². The predicted octanol–water partition coefficient (Wildman–Crippen LogP) is 2.54. The molecule has 6 heteroatoms. The smallest absolute Gasteiger partial charge is 0.260 e. The predicted molar refractivity (Wildman–Crippen MR) is 104 cm³/mol. The van der Waals surface area contributed by atoms with Crippen LogP contribution < -0.4 is 14.4 Å². The Balaban J connectivity index is 1.53.